The molecule has 1 aromatic carbocycles. The molecular formula is C13H15NO5. The normalized spacial score (nSPS) is 22.3. The molecule has 19 heavy (non-hydrogen) atoms. The molecule has 0 bridgehead atoms. The number of nitrogens with zero attached hydrogens (tertiary/aromatic N) is 1. The smallest absolute Gasteiger partial charge is 0.326 e. The van der Waals surface area contributed by atoms with Crippen LogP contribution in [0.25, 0.3) is 0 Å². The molecule has 1 aliphatic rings. The van der Waals surface area contributed by atoms with E-state index in [4.69, 9.17) is 9.84 Å². The van der Waals surface area contributed by atoms with Gasteiger partial charge in [0, 0.05) is 18.5 Å². The van der Waals surface area contributed by atoms with Gasteiger partial charge in [-0.25, -0.2) is 4.79 Å². The van der Waals surface area contributed by atoms with Crippen molar-refractivity contribution >= 4 is 11.9 Å². The highest BCUT2D eigenvalue weighted by Crippen LogP contribution is 2.22. The van der Waals surface area contributed by atoms with Crippen molar-refractivity contribution in [3.63, 3.8) is 0 Å². The van der Waals surface area contributed by atoms with Gasteiger partial charge in [0.2, 0.25) is 0 Å². The van der Waals surface area contributed by atoms with Crippen LogP contribution < -0.4 is 4.74 Å². The minimum absolute atomic E-state index is 0.0435. The van der Waals surface area contributed by atoms with Gasteiger partial charge in [-0.3, -0.25) is 4.79 Å². The van der Waals surface area contributed by atoms with Gasteiger partial charge in [0.25, 0.3) is 5.91 Å². The molecule has 1 heterocycles. The Morgan fingerprint density at radius 3 is 2.47 bits per heavy atom. The van der Waals surface area contributed by atoms with Crippen LogP contribution >= 0.6 is 0 Å². The fourth-order valence-corrected chi connectivity index (χ4v) is 2.17. The number of hydrogen-bond acceptors (Lipinski definition) is 4. The maximum Gasteiger partial charge on any atom is 0.326 e. The number of methoxy groups -OCH3 is 1. The minimum Gasteiger partial charge on any atom is -0.497 e. The van der Waals surface area contributed by atoms with E-state index < -0.39 is 24.0 Å². The number of likely N-dealkylation sites (tertiary alicyclic amines) is 1. The second kappa shape index (κ2) is 5.27. The zero-order valence-electron chi connectivity index (χ0n) is 10.4. The molecule has 0 aliphatic carbocycles. The quantitative estimate of drug-likeness (QED) is 0.823. The van der Waals surface area contributed by atoms with E-state index in [0.29, 0.717) is 11.3 Å². The number of rotatable bonds is 3. The molecule has 6 nitrogen and oxygen atoms in total. The standard InChI is InChI=1S/C13H15NO5/c1-19-10-4-2-8(3-5-10)12(16)14-7-9(15)6-11(14)13(17)18/h2-5,9,11,15H,6-7H2,1H3,(H,17,18)/t9?,11-/m0/s1. The van der Waals surface area contributed by atoms with Gasteiger partial charge in [-0.2, -0.15) is 0 Å². The highest BCUT2D eigenvalue weighted by atomic mass is 16.5. The molecule has 1 unspecified atom stereocenters. The molecule has 0 aromatic heterocycles. The largest absolute Gasteiger partial charge is 0.497 e. The number of aliphatic carboxylic acids is 1. The van der Waals surface area contributed by atoms with Crippen LogP contribution in [-0.2, 0) is 4.79 Å². The summed E-state index contributed by atoms with van der Waals surface area (Å²) in [6.07, 6.45) is -0.722. The predicted molar refractivity (Wildman–Crippen MR) is 66.1 cm³/mol. The van der Waals surface area contributed by atoms with E-state index in [0.717, 1.165) is 0 Å². The van der Waals surface area contributed by atoms with Gasteiger partial charge in [-0.15, -0.1) is 0 Å². The number of aliphatic hydroxyl groups excluding tert-OH is 1. The third kappa shape index (κ3) is 2.68. The average Bonchev–Trinajstić information content (AvgIpc) is 2.80. The van der Waals surface area contributed by atoms with Gasteiger partial charge in [0.05, 0.1) is 13.2 Å². The number of carbonyl (C=O) groups excluding carboxylic acids is 1. The fourth-order valence-electron chi connectivity index (χ4n) is 2.17. The Balaban J connectivity index is 2.20. The Labute approximate surface area is 110 Å². The SMILES string of the molecule is COc1ccc(C(=O)N2CC(O)C[C@H]2C(=O)O)cc1. The number of benzene rings is 1. The molecule has 102 valence electrons. The van der Waals surface area contributed by atoms with Crippen molar-refractivity contribution < 1.29 is 24.5 Å². The van der Waals surface area contributed by atoms with E-state index in [1.165, 1.54) is 12.0 Å². The van der Waals surface area contributed by atoms with Gasteiger partial charge in [0.15, 0.2) is 0 Å². The van der Waals surface area contributed by atoms with E-state index in [1.54, 1.807) is 24.3 Å². The monoisotopic (exact) mass is 265 g/mol. The Morgan fingerprint density at radius 1 is 1.32 bits per heavy atom. The summed E-state index contributed by atoms with van der Waals surface area (Å²) in [5, 5.41) is 18.6. The summed E-state index contributed by atoms with van der Waals surface area (Å²) < 4.78 is 4.99. The van der Waals surface area contributed by atoms with Crippen LogP contribution in [0.15, 0.2) is 24.3 Å². The lowest BCUT2D eigenvalue weighted by Gasteiger charge is -2.21. The Bertz CT molecular complexity index is 484. The molecule has 2 atom stereocenters. The van der Waals surface area contributed by atoms with Crippen molar-refractivity contribution in [3.8, 4) is 5.75 Å². The summed E-state index contributed by atoms with van der Waals surface area (Å²) in [6.45, 7) is 0.0435. The summed E-state index contributed by atoms with van der Waals surface area (Å²) in [5.41, 5.74) is 0.376. The molecule has 1 aliphatic heterocycles. The summed E-state index contributed by atoms with van der Waals surface area (Å²) in [6, 6.07) is 5.45. The number of ether oxygens (including phenoxy) is 1. The van der Waals surface area contributed by atoms with Crippen molar-refractivity contribution in [2.45, 2.75) is 18.6 Å². The second-order valence-electron chi connectivity index (χ2n) is 4.43. The van der Waals surface area contributed by atoms with E-state index in [1.807, 2.05) is 0 Å². The van der Waals surface area contributed by atoms with E-state index in [2.05, 4.69) is 0 Å². The summed E-state index contributed by atoms with van der Waals surface area (Å²) in [4.78, 5) is 24.5. The molecular weight excluding hydrogens is 250 g/mol. The van der Waals surface area contributed by atoms with Crippen molar-refractivity contribution in [3.05, 3.63) is 29.8 Å². The summed E-state index contributed by atoms with van der Waals surface area (Å²) in [7, 11) is 1.52. The van der Waals surface area contributed by atoms with Gasteiger partial charge < -0.3 is 19.8 Å². The molecule has 2 rings (SSSR count). The molecule has 6 heteroatoms. The first-order valence-corrected chi connectivity index (χ1v) is 5.89. The van der Waals surface area contributed by atoms with Crippen molar-refractivity contribution in [2.75, 3.05) is 13.7 Å². The zero-order valence-corrected chi connectivity index (χ0v) is 10.4. The number of carboxylic acids is 1. The molecule has 1 saturated heterocycles. The Kier molecular flexibility index (Phi) is 3.71. The van der Waals surface area contributed by atoms with E-state index >= 15 is 0 Å². The lowest BCUT2D eigenvalue weighted by molar-refractivity contribution is -0.141. The highest BCUT2D eigenvalue weighted by molar-refractivity contribution is 5.97. The molecule has 1 amide bonds. The lowest BCUT2D eigenvalue weighted by Crippen LogP contribution is -2.40. The van der Waals surface area contributed by atoms with Crippen molar-refractivity contribution in [1.82, 2.24) is 4.90 Å². The topological polar surface area (TPSA) is 87.1 Å². The molecule has 0 radical (unpaired) electrons. The third-order valence-corrected chi connectivity index (χ3v) is 3.16. The van der Waals surface area contributed by atoms with Gasteiger partial charge in [-0.1, -0.05) is 0 Å². The summed E-state index contributed by atoms with van der Waals surface area (Å²) in [5.74, 6) is -0.877. The van der Waals surface area contributed by atoms with Crippen LogP contribution in [0.5, 0.6) is 5.75 Å². The van der Waals surface area contributed by atoms with Gasteiger partial charge in [0.1, 0.15) is 11.8 Å². The number of amides is 1. The maximum absolute atomic E-state index is 12.2. The van der Waals surface area contributed by atoms with Crippen LogP contribution in [0.4, 0.5) is 0 Å². The number of carbonyl (C=O) groups is 2. The second-order valence-corrected chi connectivity index (χ2v) is 4.43. The molecule has 1 aromatic rings. The lowest BCUT2D eigenvalue weighted by atomic mass is 10.1. The van der Waals surface area contributed by atoms with Crippen LogP contribution in [-0.4, -0.2) is 52.8 Å². The highest BCUT2D eigenvalue weighted by Gasteiger charge is 2.39. The molecule has 0 saturated carbocycles. The number of β-amino-alcohol motifs (C(OH)–C–C–N with tert-alkyl or cyclic N) is 1. The zero-order chi connectivity index (χ0) is 14.0. The predicted octanol–water partition coefficient (Wildman–Crippen LogP) is 0.355. The maximum atomic E-state index is 12.2. The first-order chi connectivity index (χ1) is 9.02. The van der Waals surface area contributed by atoms with E-state index in [-0.39, 0.29) is 13.0 Å². The van der Waals surface area contributed by atoms with Gasteiger partial charge >= 0.3 is 5.97 Å². The Hall–Kier alpha value is -2.08. The van der Waals surface area contributed by atoms with Crippen LogP contribution in [0.1, 0.15) is 16.8 Å². The van der Waals surface area contributed by atoms with Crippen LogP contribution in [0.2, 0.25) is 0 Å². The molecule has 1 fully saturated rings. The third-order valence-electron chi connectivity index (χ3n) is 3.16. The van der Waals surface area contributed by atoms with Crippen LogP contribution in [0, 0.1) is 0 Å². The van der Waals surface area contributed by atoms with Gasteiger partial charge in [-0.05, 0) is 24.3 Å². The summed E-state index contributed by atoms with van der Waals surface area (Å²) >= 11 is 0. The fraction of sp³-hybridized carbons (Fsp3) is 0.385. The average molecular weight is 265 g/mol. The molecule has 2 N–H and O–H groups in total. The number of hydrogen-bond donors (Lipinski definition) is 2. The minimum atomic E-state index is -1.10. The number of carboxylic acid groups (broad SMARTS) is 1. The Morgan fingerprint density at radius 2 is 1.95 bits per heavy atom. The van der Waals surface area contributed by atoms with Crippen molar-refractivity contribution in [2.24, 2.45) is 0 Å². The number of aliphatic hydroxyl groups is 1. The first-order valence-electron chi connectivity index (χ1n) is 5.89. The first kappa shape index (κ1) is 13.4. The molecule has 0 spiro atoms. The van der Waals surface area contributed by atoms with Crippen LogP contribution in [0.3, 0.4) is 0 Å². The van der Waals surface area contributed by atoms with E-state index in [9.17, 15) is 14.7 Å². The van der Waals surface area contributed by atoms with Crippen molar-refractivity contribution in [1.29, 1.82) is 0 Å².